The van der Waals surface area contributed by atoms with E-state index >= 15 is 0 Å². The molecule has 1 spiro atoms. The number of rotatable bonds is 0. The number of aromatic hydroxyl groups is 2. The molecule has 3 amide bonds. The molecule has 0 aromatic heterocycles. The lowest BCUT2D eigenvalue weighted by Crippen LogP contribution is -2.33. The molecule has 10 nitrogen and oxygen atoms in total. The second-order valence-corrected chi connectivity index (χ2v) is 7.98. The first-order chi connectivity index (χ1) is 16.7. The smallest absolute Gasteiger partial charge is 0.421 e. The summed E-state index contributed by atoms with van der Waals surface area (Å²) in [6, 6.07) is 16.6. The molecule has 3 heterocycles. The predicted molar refractivity (Wildman–Crippen MR) is 117 cm³/mol. The normalized spacial score (nSPS) is 16.5. The van der Waals surface area contributed by atoms with Crippen molar-refractivity contribution in [1.29, 1.82) is 0 Å². The van der Waals surface area contributed by atoms with Gasteiger partial charge in [0.05, 0.1) is 5.56 Å². The van der Waals surface area contributed by atoms with Crippen molar-refractivity contribution in [2.75, 3.05) is 0 Å². The SMILES string of the molecule is O=C(O)N1C(=O)CCC1=O.O=C1OC2(c3ccc(O)cc3Oc3cc(O)ccc32)c2ccccc21. The largest absolute Gasteiger partial charge is 0.508 e. The molecule has 0 atom stereocenters. The number of carboxylic acid groups (broad SMARTS) is 1. The number of hydrogen-bond donors (Lipinski definition) is 3. The van der Waals surface area contributed by atoms with Crippen LogP contribution in [0, 0.1) is 0 Å². The zero-order valence-electron chi connectivity index (χ0n) is 17.9. The lowest BCUT2D eigenvalue weighted by molar-refractivity contribution is -0.135. The second-order valence-electron chi connectivity index (χ2n) is 7.98. The first-order valence-corrected chi connectivity index (χ1v) is 10.5. The number of phenols is 2. The zero-order valence-corrected chi connectivity index (χ0v) is 17.9. The maximum atomic E-state index is 12.5. The van der Waals surface area contributed by atoms with Crippen LogP contribution in [0.15, 0.2) is 60.7 Å². The van der Waals surface area contributed by atoms with E-state index in [4.69, 9.17) is 14.6 Å². The summed E-state index contributed by atoms with van der Waals surface area (Å²) in [5, 5.41) is 27.9. The number of carbonyl (C=O) groups is 4. The summed E-state index contributed by atoms with van der Waals surface area (Å²) >= 11 is 0. The lowest BCUT2D eigenvalue weighted by atomic mass is 9.77. The summed E-state index contributed by atoms with van der Waals surface area (Å²) in [5.41, 5.74) is 1.28. The lowest BCUT2D eigenvalue weighted by Gasteiger charge is -2.36. The van der Waals surface area contributed by atoms with Gasteiger partial charge in [-0.25, -0.2) is 9.59 Å². The molecule has 0 radical (unpaired) electrons. The molecule has 0 unspecified atom stereocenters. The molecular formula is C25H17NO9. The monoisotopic (exact) mass is 475 g/mol. The van der Waals surface area contributed by atoms with E-state index in [1.807, 2.05) is 12.1 Å². The fourth-order valence-corrected chi connectivity index (χ4v) is 4.44. The highest BCUT2D eigenvalue weighted by atomic mass is 16.6. The Morgan fingerprint density at radius 2 is 1.34 bits per heavy atom. The van der Waals surface area contributed by atoms with E-state index in [0.717, 1.165) is 0 Å². The maximum Gasteiger partial charge on any atom is 0.421 e. The number of amides is 3. The van der Waals surface area contributed by atoms with Crippen molar-refractivity contribution < 1.29 is 44.0 Å². The third-order valence-corrected chi connectivity index (χ3v) is 5.92. The summed E-state index contributed by atoms with van der Waals surface area (Å²) in [5.74, 6) is -0.846. The first-order valence-electron chi connectivity index (χ1n) is 10.5. The van der Waals surface area contributed by atoms with E-state index in [9.17, 15) is 29.4 Å². The Hall–Kier alpha value is -4.86. The van der Waals surface area contributed by atoms with Gasteiger partial charge in [0.25, 0.3) is 0 Å². The first kappa shape index (κ1) is 22.0. The van der Waals surface area contributed by atoms with Crippen LogP contribution in [0.5, 0.6) is 23.0 Å². The highest BCUT2D eigenvalue weighted by Gasteiger charge is 2.53. The predicted octanol–water partition coefficient (Wildman–Crippen LogP) is 3.48. The van der Waals surface area contributed by atoms with Crippen LogP contribution >= 0.6 is 0 Å². The van der Waals surface area contributed by atoms with Crippen molar-refractivity contribution >= 4 is 23.9 Å². The zero-order chi connectivity index (χ0) is 24.9. The molecular weight excluding hydrogens is 458 g/mol. The molecule has 3 aromatic rings. The topological polar surface area (TPSA) is 151 Å². The van der Waals surface area contributed by atoms with Crippen molar-refractivity contribution in [2.24, 2.45) is 0 Å². The molecule has 0 saturated carbocycles. The van der Waals surface area contributed by atoms with Gasteiger partial charge in [-0.3, -0.25) is 9.59 Å². The third kappa shape index (κ3) is 3.34. The second kappa shape index (κ2) is 7.87. The fraction of sp³-hybridized carbons (Fsp3) is 0.120. The van der Waals surface area contributed by atoms with E-state index < -0.39 is 29.5 Å². The standard InChI is InChI=1S/C20H12O5.C5H5NO4/c21-11-5-7-15-17(9-11)24-18-10-12(22)6-8-16(18)20(15)14-4-2-1-3-13(14)19(23)25-20;7-3-1-2-4(8)6(3)5(9)10/h1-10,21-22H;1-2H2,(H,9,10). The van der Waals surface area contributed by atoms with Gasteiger partial charge >= 0.3 is 12.1 Å². The Bertz CT molecular complexity index is 1360. The van der Waals surface area contributed by atoms with Gasteiger partial charge < -0.3 is 24.8 Å². The van der Waals surface area contributed by atoms with Gasteiger partial charge in [0.1, 0.15) is 23.0 Å². The number of fused-ring (bicyclic) bond motifs is 6. The van der Waals surface area contributed by atoms with Crippen LogP contribution in [0.4, 0.5) is 4.79 Å². The van der Waals surface area contributed by atoms with E-state index in [0.29, 0.717) is 33.8 Å². The molecule has 0 bridgehead atoms. The Kier molecular flexibility index (Phi) is 4.94. The molecule has 10 heteroatoms. The molecule has 3 aromatic carbocycles. The molecule has 6 rings (SSSR count). The molecule has 176 valence electrons. The number of likely N-dealkylation sites (tertiary alicyclic amines) is 1. The minimum Gasteiger partial charge on any atom is -0.508 e. The van der Waals surface area contributed by atoms with Crippen LogP contribution in [-0.2, 0) is 19.9 Å². The summed E-state index contributed by atoms with van der Waals surface area (Å²) in [7, 11) is 0. The number of imide groups is 3. The molecule has 35 heavy (non-hydrogen) atoms. The minimum absolute atomic E-state index is 0.0190. The number of benzene rings is 3. The van der Waals surface area contributed by atoms with Crippen molar-refractivity contribution in [2.45, 2.75) is 18.4 Å². The summed E-state index contributed by atoms with van der Waals surface area (Å²) in [6.07, 6.45) is -1.44. The number of ether oxygens (including phenoxy) is 2. The van der Waals surface area contributed by atoms with Crippen LogP contribution < -0.4 is 4.74 Å². The summed E-state index contributed by atoms with van der Waals surface area (Å²) < 4.78 is 11.8. The summed E-state index contributed by atoms with van der Waals surface area (Å²) in [4.78, 5) is 44.0. The quantitative estimate of drug-likeness (QED) is 0.328. The minimum atomic E-state index is -1.48. The average Bonchev–Trinajstić information content (AvgIpc) is 3.31. The van der Waals surface area contributed by atoms with Gasteiger partial charge in [-0.1, -0.05) is 18.2 Å². The van der Waals surface area contributed by atoms with Gasteiger partial charge in [-0.05, 0) is 30.3 Å². The van der Waals surface area contributed by atoms with E-state index in [2.05, 4.69) is 0 Å². The van der Waals surface area contributed by atoms with Crippen LogP contribution in [0.2, 0.25) is 0 Å². The van der Waals surface area contributed by atoms with Crippen molar-refractivity contribution in [3.05, 3.63) is 82.9 Å². The number of nitrogens with zero attached hydrogens (tertiary/aromatic N) is 1. The number of hydrogen-bond acceptors (Lipinski definition) is 8. The van der Waals surface area contributed by atoms with E-state index in [1.54, 1.807) is 24.3 Å². The Morgan fingerprint density at radius 1 is 0.800 bits per heavy atom. The van der Waals surface area contributed by atoms with Gasteiger partial charge in [0.2, 0.25) is 11.8 Å². The summed E-state index contributed by atoms with van der Waals surface area (Å²) in [6.45, 7) is 0. The van der Waals surface area contributed by atoms with Gasteiger partial charge in [0, 0.05) is 41.7 Å². The van der Waals surface area contributed by atoms with Crippen LogP contribution in [0.3, 0.4) is 0 Å². The highest BCUT2D eigenvalue weighted by molar-refractivity contribution is 6.12. The van der Waals surface area contributed by atoms with E-state index in [-0.39, 0.29) is 29.2 Å². The van der Waals surface area contributed by atoms with Crippen LogP contribution in [0.25, 0.3) is 0 Å². The molecule has 1 saturated heterocycles. The number of phenolic OH excluding ortho intramolecular Hbond substituents is 2. The average molecular weight is 475 g/mol. The molecule has 3 aliphatic heterocycles. The third-order valence-electron chi connectivity index (χ3n) is 5.92. The Balaban J connectivity index is 0.000000214. The molecule has 0 aliphatic carbocycles. The molecule has 1 fully saturated rings. The van der Waals surface area contributed by atoms with Crippen molar-refractivity contribution in [1.82, 2.24) is 4.90 Å². The maximum absolute atomic E-state index is 12.5. The Morgan fingerprint density at radius 3 is 1.86 bits per heavy atom. The van der Waals surface area contributed by atoms with Crippen molar-refractivity contribution in [3.8, 4) is 23.0 Å². The fourth-order valence-electron chi connectivity index (χ4n) is 4.44. The van der Waals surface area contributed by atoms with Crippen LogP contribution in [0.1, 0.15) is 39.9 Å². The van der Waals surface area contributed by atoms with Crippen LogP contribution in [-0.4, -0.2) is 44.1 Å². The van der Waals surface area contributed by atoms with Gasteiger partial charge in [0.15, 0.2) is 5.60 Å². The molecule has 3 aliphatic rings. The van der Waals surface area contributed by atoms with Gasteiger partial charge in [-0.2, -0.15) is 4.90 Å². The van der Waals surface area contributed by atoms with Gasteiger partial charge in [-0.15, -0.1) is 0 Å². The van der Waals surface area contributed by atoms with Crippen molar-refractivity contribution in [3.63, 3.8) is 0 Å². The molecule has 3 N–H and O–H groups in total. The Labute approximate surface area is 197 Å². The number of esters is 1. The number of carbonyl (C=O) groups excluding carboxylic acids is 3. The van der Waals surface area contributed by atoms with E-state index in [1.165, 1.54) is 24.3 Å². The highest BCUT2D eigenvalue weighted by Crippen LogP contribution is 2.56.